The van der Waals surface area contributed by atoms with E-state index >= 15 is 0 Å². The number of benzene rings is 1. The molecule has 0 aliphatic heterocycles. The topological polar surface area (TPSA) is 89.7 Å². The molecule has 0 saturated heterocycles. The van der Waals surface area contributed by atoms with Crippen LogP contribution in [0.15, 0.2) is 24.3 Å². The lowest BCUT2D eigenvalue weighted by molar-refractivity contribution is -0.885. The van der Waals surface area contributed by atoms with Gasteiger partial charge in [-0.2, -0.15) is 5.10 Å². The predicted octanol–water partition coefficient (Wildman–Crippen LogP) is 0.526. The van der Waals surface area contributed by atoms with Crippen LogP contribution in [-0.4, -0.2) is 48.3 Å². The van der Waals surface area contributed by atoms with Gasteiger partial charge in [-0.15, -0.1) is 0 Å². The van der Waals surface area contributed by atoms with E-state index in [1.807, 2.05) is 27.9 Å². The number of aromatic nitrogens is 2. The Bertz CT molecular complexity index is 813. The molecule has 2 atom stereocenters. The first-order chi connectivity index (χ1) is 12.7. The van der Waals surface area contributed by atoms with E-state index in [0.29, 0.717) is 5.69 Å². The van der Waals surface area contributed by atoms with Crippen molar-refractivity contribution in [3.05, 3.63) is 35.7 Å². The third-order valence-corrected chi connectivity index (χ3v) is 4.70. The van der Waals surface area contributed by atoms with Gasteiger partial charge in [0.15, 0.2) is 12.6 Å². The van der Waals surface area contributed by atoms with E-state index in [0.717, 1.165) is 27.7 Å². The Balaban J connectivity index is 1.92. The molecule has 146 valence electrons. The molecule has 0 bridgehead atoms. The van der Waals surface area contributed by atoms with Gasteiger partial charge in [0.1, 0.15) is 5.75 Å². The average molecular weight is 374 g/mol. The molecule has 1 heterocycles. The summed E-state index contributed by atoms with van der Waals surface area (Å²) in [5, 5.41) is 10.1. The summed E-state index contributed by atoms with van der Waals surface area (Å²) in [4.78, 5) is 25.6. The molecule has 8 heteroatoms. The highest BCUT2D eigenvalue weighted by Crippen LogP contribution is 2.18. The van der Waals surface area contributed by atoms with Crippen LogP contribution in [0.1, 0.15) is 18.3 Å². The third kappa shape index (κ3) is 5.07. The Kier molecular flexibility index (Phi) is 6.57. The van der Waals surface area contributed by atoms with Crippen molar-refractivity contribution in [1.82, 2.24) is 9.78 Å². The molecule has 3 N–H and O–H groups in total. The normalized spacial score (nSPS) is 13.0. The average Bonchev–Trinajstić information content (AvgIpc) is 2.87. The number of hydrogen-bond acceptors (Lipinski definition) is 4. The summed E-state index contributed by atoms with van der Waals surface area (Å²) in [6.07, 6.45) is 0. The first-order valence-corrected chi connectivity index (χ1v) is 8.80. The molecule has 8 nitrogen and oxygen atoms in total. The van der Waals surface area contributed by atoms with Crippen molar-refractivity contribution in [3.8, 4) is 5.75 Å². The lowest BCUT2D eigenvalue weighted by atomic mass is 10.2. The molecular formula is C19H28N5O3+. The molecule has 1 unspecified atom stereocenters. The van der Waals surface area contributed by atoms with E-state index in [-0.39, 0.29) is 18.4 Å². The maximum Gasteiger partial charge on any atom is 0.282 e. The maximum atomic E-state index is 12.6. The SMILES string of the molecule is COc1ccc(NC(=O)C[NH+](C)[C@H](C)C(=O)Nc2c(C)nn(C)c2C)cc1. The van der Waals surface area contributed by atoms with Crippen molar-refractivity contribution in [1.29, 1.82) is 0 Å². The Labute approximate surface area is 159 Å². The summed E-state index contributed by atoms with van der Waals surface area (Å²) >= 11 is 0. The van der Waals surface area contributed by atoms with Gasteiger partial charge in [-0.25, -0.2) is 0 Å². The Hall–Kier alpha value is -2.87. The predicted molar refractivity (Wildman–Crippen MR) is 104 cm³/mol. The van der Waals surface area contributed by atoms with Crippen molar-refractivity contribution in [2.75, 3.05) is 31.3 Å². The van der Waals surface area contributed by atoms with E-state index in [1.165, 1.54) is 0 Å². The van der Waals surface area contributed by atoms with E-state index in [9.17, 15) is 9.59 Å². The minimum atomic E-state index is -0.398. The van der Waals surface area contributed by atoms with Crippen LogP contribution in [0.4, 0.5) is 11.4 Å². The zero-order valence-corrected chi connectivity index (χ0v) is 16.7. The van der Waals surface area contributed by atoms with Gasteiger partial charge in [0, 0.05) is 12.7 Å². The molecule has 1 aromatic carbocycles. The number of likely N-dealkylation sites (N-methyl/N-ethyl adjacent to an activating group) is 1. The van der Waals surface area contributed by atoms with Crippen LogP contribution in [0.2, 0.25) is 0 Å². The zero-order valence-electron chi connectivity index (χ0n) is 16.7. The highest BCUT2D eigenvalue weighted by atomic mass is 16.5. The lowest BCUT2D eigenvalue weighted by Crippen LogP contribution is -3.14. The number of hydrogen-bond donors (Lipinski definition) is 3. The number of quaternary nitrogens is 1. The monoisotopic (exact) mass is 374 g/mol. The number of anilines is 2. The van der Waals surface area contributed by atoms with Gasteiger partial charge < -0.3 is 20.3 Å². The van der Waals surface area contributed by atoms with Gasteiger partial charge >= 0.3 is 0 Å². The molecule has 2 rings (SSSR count). The van der Waals surface area contributed by atoms with Gasteiger partial charge in [-0.3, -0.25) is 14.3 Å². The lowest BCUT2D eigenvalue weighted by Gasteiger charge is -2.20. The Morgan fingerprint density at radius 1 is 1.22 bits per heavy atom. The summed E-state index contributed by atoms with van der Waals surface area (Å²) in [7, 11) is 5.25. The second kappa shape index (κ2) is 8.68. The van der Waals surface area contributed by atoms with Crippen LogP contribution in [0.5, 0.6) is 5.75 Å². The van der Waals surface area contributed by atoms with E-state index in [1.54, 1.807) is 43.0 Å². The number of aryl methyl sites for hydroxylation is 2. The van der Waals surface area contributed by atoms with Crippen LogP contribution in [0, 0.1) is 13.8 Å². The quantitative estimate of drug-likeness (QED) is 0.659. The number of nitrogens with zero attached hydrogens (tertiary/aromatic N) is 2. The van der Waals surface area contributed by atoms with Crippen LogP contribution in [0.3, 0.4) is 0 Å². The van der Waals surface area contributed by atoms with Gasteiger partial charge in [-0.05, 0) is 45.0 Å². The molecule has 2 amide bonds. The molecule has 1 aromatic heterocycles. The van der Waals surface area contributed by atoms with Crippen molar-refractivity contribution < 1.29 is 19.2 Å². The number of ether oxygens (including phenoxy) is 1. The fourth-order valence-electron chi connectivity index (χ4n) is 2.70. The number of carbonyl (C=O) groups is 2. The number of carbonyl (C=O) groups excluding carboxylic acids is 2. The summed E-state index contributed by atoms with van der Waals surface area (Å²) in [5.74, 6) is 0.414. The highest BCUT2D eigenvalue weighted by molar-refractivity contribution is 5.95. The molecule has 0 saturated carbocycles. The smallest absolute Gasteiger partial charge is 0.282 e. The molecule has 0 fully saturated rings. The molecule has 0 aliphatic rings. The highest BCUT2D eigenvalue weighted by Gasteiger charge is 2.25. The standard InChI is InChI=1S/C19H27N5O3/c1-12-18(13(2)24(5)22-12)21-19(26)14(3)23(4)11-17(25)20-15-7-9-16(27-6)10-8-15/h7-10,14H,11H2,1-6H3,(H,20,25)(H,21,26)/p+1/t14-/m1/s1. The largest absolute Gasteiger partial charge is 0.497 e. The number of nitrogens with one attached hydrogen (secondary N) is 3. The second-order valence-corrected chi connectivity index (χ2v) is 6.68. The molecule has 27 heavy (non-hydrogen) atoms. The zero-order chi connectivity index (χ0) is 20.1. The van der Waals surface area contributed by atoms with Crippen molar-refractivity contribution in [2.24, 2.45) is 7.05 Å². The second-order valence-electron chi connectivity index (χ2n) is 6.68. The van der Waals surface area contributed by atoms with Crippen molar-refractivity contribution in [2.45, 2.75) is 26.8 Å². The molecular weight excluding hydrogens is 346 g/mol. The minimum Gasteiger partial charge on any atom is -0.497 e. The fourth-order valence-corrected chi connectivity index (χ4v) is 2.70. The Morgan fingerprint density at radius 3 is 2.37 bits per heavy atom. The molecule has 0 aliphatic carbocycles. The van der Waals surface area contributed by atoms with Crippen molar-refractivity contribution in [3.63, 3.8) is 0 Å². The molecule has 0 radical (unpaired) electrons. The van der Waals surface area contributed by atoms with E-state index in [4.69, 9.17) is 4.74 Å². The summed E-state index contributed by atoms with van der Waals surface area (Å²) in [5.41, 5.74) is 3.07. The number of methoxy groups -OCH3 is 1. The van der Waals surface area contributed by atoms with E-state index < -0.39 is 6.04 Å². The van der Waals surface area contributed by atoms with Crippen LogP contribution >= 0.6 is 0 Å². The number of amides is 2. The Morgan fingerprint density at radius 2 is 1.85 bits per heavy atom. The van der Waals surface area contributed by atoms with Gasteiger partial charge in [-0.1, -0.05) is 0 Å². The molecule has 0 spiro atoms. The van der Waals surface area contributed by atoms with Gasteiger partial charge in [0.25, 0.3) is 11.8 Å². The van der Waals surface area contributed by atoms with Gasteiger partial charge in [0.05, 0.1) is 31.2 Å². The minimum absolute atomic E-state index is 0.149. The van der Waals surface area contributed by atoms with Crippen molar-refractivity contribution >= 4 is 23.2 Å². The fraction of sp³-hybridized carbons (Fsp3) is 0.421. The van der Waals surface area contributed by atoms with E-state index in [2.05, 4.69) is 15.7 Å². The van der Waals surface area contributed by atoms with Gasteiger partial charge in [0.2, 0.25) is 0 Å². The summed E-state index contributed by atoms with van der Waals surface area (Å²) in [6.45, 7) is 5.73. The molecule has 2 aromatic rings. The summed E-state index contributed by atoms with van der Waals surface area (Å²) < 4.78 is 6.83. The third-order valence-electron chi connectivity index (χ3n) is 4.70. The van der Waals surface area contributed by atoms with Crippen LogP contribution in [0.25, 0.3) is 0 Å². The number of rotatable bonds is 7. The first kappa shape index (κ1) is 20.4. The summed E-state index contributed by atoms with van der Waals surface area (Å²) in [6, 6.07) is 6.71. The van der Waals surface area contributed by atoms with Crippen LogP contribution < -0.4 is 20.3 Å². The first-order valence-electron chi connectivity index (χ1n) is 8.80. The maximum absolute atomic E-state index is 12.6. The van der Waals surface area contributed by atoms with Crippen LogP contribution in [-0.2, 0) is 16.6 Å².